The summed E-state index contributed by atoms with van der Waals surface area (Å²) >= 11 is 7.72. The zero-order valence-electron chi connectivity index (χ0n) is 26.8. The minimum Gasteiger partial charge on any atom is -0.491 e. The van der Waals surface area contributed by atoms with Crippen molar-refractivity contribution in [3.63, 3.8) is 0 Å². The summed E-state index contributed by atoms with van der Waals surface area (Å²) in [7, 11) is 0. The summed E-state index contributed by atoms with van der Waals surface area (Å²) in [5, 5.41) is 11.8. The summed E-state index contributed by atoms with van der Waals surface area (Å²) in [6, 6.07) is 7.17. The van der Waals surface area contributed by atoms with Gasteiger partial charge in [-0.2, -0.15) is 0 Å². The second-order valence-electron chi connectivity index (χ2n) is 14.1. The molecule has 0 radical (unpaired) electrons. The second-order valence-corrected chi connectivity index (χ2v) is 15.4. The van der Waals surface area contributed by atoms with Crippen LogP contribution in [-0.4, -0.2) is 62.2 Å². The van der Waals surface area contributed by atoms with Gasteiger partial charge >= 0.3 is 5.97 Å². The number of carboxylic acid groups (broad SMARTS) is 1. The van der Waals surface area contributed by atoms with Crippen molar-refractivity contribution in [1.82, 2.24) is 19.4 Å². The number of carbonyl (C=O) groups is 1. The number of likely N-dealkylation sites (tertiary alicyclic amines) is 1. The molecule has 2 aliphatic carbocycles. The number of hydrogen-bond acceptors (Lipinski definition) is 7. The van der Waals surface area contributed by atoms with Gasteiger partial charge in [-0.15, -0.1) is 11.3 Å². The van der Waals surface area contributed by atoms with Gasteiger partial charge in [-0.3, -0.25) is 19.2 Å². The molecule has 12 heteroatoms. The Morgan fingerprint density at radius 3 is 2.68 bits per heavy atom. The maximum absolute atomic E-state index is 14.3. The van der Waals surface area contributed by atoms with Crippen LogP contribution in [0.15, 0.2) is 34.4 Å². The predicted octanol–water partition coefficient (Wildman–Crippen LogP) is 7.28. The molecule has 0 unspecified atom stereocenters. The SMILES string of the molecule is Cc1cc(-c2cc(Cl)ccc2OCCn2c(C)nc3c(c2=O)C[C@@H](N2CCC[C@]4(C2)CC4(F)F)CC3(C)C)c2scc(C(=O)O)c2n1. The lowest BCUT2D eigenvalue weighted by Gasteiger charge is -2.45. The number of aryl methyl sites for hydroxylation is 2. The molecule has 8 nitrogen and oxygen atoms in total. The third-order valence-electron chi connectivity index (χ3n) is 10.3. The van der Waals surface area contributed by atoms with E-state index in [1.54, 1.807) is 28.1 Å². The van der Waals surface area contributed by atoms with Crippen LogP contribution in [0.4, 0.5) is 8.78 Å². The van der Waals surface area contributed by atoms with Crippen LogP contribution in [0.1, 0.15) is 72.7 Å². The summed E-state index contributed by atoms with van der Waals surface area (Å²) in [6.45, 7) is 9.40. The van der Waals surface area contributed by atoms with E-state index in [1.807, 2.05) is 19.9 Å². The lowest BCUT2D eigenvalue weighted by atomic mass is 9.73. The summed E-state index contributed by atoms with van der Waals surface area (Å²) < 4.78 is 37.3. The Kier molecular flexibility index (Phi) is 7.76. The molecule has 1 spiro atoms. The normalized spacial score (nSPS) is 23.2. The number of pyridine rings is 1. The highest BCUT2D eigenvalue weighted by molar-refractivity contribution is 7.18. The van der Waals surface area contributed by atoms with Crippen LogP contribution in [0.25, 0.3) is 21.3 Å². The summed E-state index contributed by atoms with van der Waals surface area (Å²) in [6.07, 6.45) is 2.53. The molecule has 3 aromatic heterocycles. The third-order valence-corrected chi connectivity index (χ3v) is 11.5. The Morgan fingerprint density at radius 2 is 1.96 bits per heavy atom. The number of alkyl halides is 2. The third kappa shape index (κ3) is 5.54. The minimum atomic E-state index is -2.59. The van der Waals surface area contributed by atoms with Crippen LogP contribution in [0.2, 0.25) is 5.02 Å². The molecule has 1 aromatic carbocycles. The molecule has 2 fully saturated rings. The molecular weight excluding hydrogens is 646 g/mol. The molecule has 47 heavy (non-hydrogen) atoms. The average molecular weight is 683 g/mol. The molecule has 3 aliphatic rings. The topological polar surface area (TPSA) is 97.6 Å². The van der Waals surface area contributed by atoms with E-state index in [1.165, 1.54) is 11.3 Å². The lowest BCUT2D eigenvalue weighted by Crippen LogP contribution is -2.52. The number of benzene rings is 1. The molecule has 0 amide bonds. The first-order valence-electron chi connectivity index (χ1n) is 16.0. The molecule has 248 valence electrons. The first-order valence-corrected chi connectivity index (χ1v) is 17.2. The van der Waals surface area contributed by atoms with Crippen molar-refractivity contribution in [2.75, 3.05) is 19.7 Å². The van der Waals surface area contributed by atoms with Crippen molar-refractivity contribution in [2.24, 2.45) is 5.41 Å². The van der Waals surface area contributed by atoms with Gasteiger partial charge in [0.1, 0.15) is 18.2 Å². The number of piperidine rings is 1. The molecule has 4 heterocycles. The van der Waals surface area contributed by atoms with Gasteiger partial charge in [0.15, 0.2) is 0 Å². The van der Waals surface area contributed by atoms with Crippen LogP contribution >= 0.6 is 22.9 Å². The maximum atomic E-state index is 14.3. The fourth-order valence-electron chi connectivity index (χ4n) is 7.84. The van der Waals surface area contributed by atoms with E-state index in [4.69, 9.17) is 21.3 Å². The number of halogens is 3. The van der Waals surface area contributed by atoms with Crippen molar-refractivity contribution >= 4 is 39.1 Å². The number of carboxylic acids is 1. The standard InChI is InChI=1S/C35H37ClF2N4O4S/c1-19-12-24(29-28(39-19)26(16-47-29)32(44)45)23-13-21(36)6-7-27(23)46-11-10-42-20(2)40-30-25(31(42)43)14-22(15-33(30,3)4)41-9-5-8-34(18-41)17-35(34,37)38/h6-7,12-13,16,22H,5,8-11,14-15,17-18H2,1-4H3,(H,44,45)/t22-,34-/m1/s1. The number of aromatic carboxylic acids is 1. The number of hydrogen-bond donors (Lipinski definition) is 1. The van der Waals surface area contributed by atoms with Gasteiger partial charge < -0.3 is 9.84 Å². The fourth-order valence-corrected chi connectivity index (χ4v) is 9.02. The predicted molar refractivity (Wildman–Crippen MR) is 178 cm³/mol. The van der Waals surface area contributed by atoms with Gasteiger partial charge in [0, 0.05) is 57.2 Å². The highest BCUT2D eigenvalue weighted by Crippen LogP contribution is 2.65. The Balaban J connectivity index is 1.15. The summed E-state index contributed by atoms with van der Waals surface area (Å²) in [5.74, 6) is -2.49. The fraction of sp³-hybridized carbons (Fsp3) is 0.486. The van der Waals surface area contributed by atoms with Crippen molar-refractivity contribution in [3.05, 3.63) is 73.4 Å². The van der Waals surface area contributed by atoms with E-state index < -0.39 is 17.3 Å². The number of aromatic nitrogens is 3. The Morgan fingerprint density at radius 1 is 1.19 bits per heavy atom. The molecule has 1 saturated heterocycles. The molecule has 1 aliphatic heterocycles. The molecular formula is C35H37ClF2N4O4S. The molecule has 4 aromatic rings. The largest absolute Gasteiger partial charge is 0.491 e. The quantitative estimate of drug-likeness (QED) is 0.219. The second kappa shape index (κ2) is 11.3. The van der Waals surface area contributed by atoms with E-state index in [-0.39, 0.29) is 42.2 Å². The average Bonchev–Trinajstić information content (AvgIpc) is 3.29. The van der Waals surface area contributed by atoms with Gasteiger partial charge in [-0.05, 0) is 70.3 Å². The van der Waals surface area contributed by atoms with Crippen LogP contribution < -0.4 is 10.3 Å². The van der Waals surface area contributed by atoms with Gasteiger partial charge in [0.05, 0.1) is 33.4 Å². The highest BCUT2D eigenvalue weighted by Gasteiger charge is 2.71. The summed E-state index contributed by atoms with van der Waals surface area (Å²) in [5.41, 5.74) is 2.76. The molecule has 0 bridgehead atoms. The Hall–Kier alpha value is -3.41. The van der Waals surface area contributed by atoms with E-state index in [9.17, 15) is 23.5 Å². The van der Waals surface area contributed by atoms with Crippen molar-refractivity contribution in [3.8, 4) is 16.9 Å². The zero-order valence-corrected chi connectivity index (χ0v) is 28.4. The first-order chi connectivity index (χ1) is 22.2. The van der Waals surface area contributed by atoms with Crippen LogP contribution in [0.5, 0.6) is 5.75 Å². The monoisotopic (exact) mass is 682 g/mol. The smallest absolute Gasteiger partial charge is 0.338 e. The zero-order chi connectivity index (χ0) is 33.5. The van der Waals surface area contributed by atoms with Gasteiger partial charge in [-0.25, -0.2) is 18.6 Å². The number of fused-ring (bicyclic) bond motifs is 2. The van der Waals surface area contributed by atoms with E-state index in [0.29, 0.717) is 63.0 Å². The van der Waals surface area contributed by atoms with Gasteiger partial charge in [0.25, 0.3) is 11.5 Å². The molecule has 1 saturated carbocycles. The number of nitrogens with zero attached hydrogens (tertiary/aromatic N) is 4. The number of ether oxygens (including phenoxy) is 1. The Labute approximate surface area is 280 Å². The number of thiophene rings is 1. The molecule has 7 rings (SSSR count). The van der Waals surface area contributed by atoms with E-state index in [0.717, 1.165) is 30.6 Å². The molecule has 2 atom stereocenters. The Bertz CT molecular complexity index is 1990. The van der Waals surface area contributed by atoms with Crippen LogP contribution in [0.3, 0.4) is 0 Å². The van der Waals surface area contributed by atoms with Crippen molar-refractivity contribution in [1.29, 1.82) is 0 Å². The first kappa shape index (κ1) is 32.2. The maximum Gasteiger partial charge on any atom is 0.338 e. The van der Waals surface area contributed by atoms with Crippen LogP contribution in [-0.2, 0) is 18.4 Å². The highest BCUT2D eigenvalue weighted by atomic mass is 35.5. The molecule has 1 N–H and O–H groups in total. The van der Waals surface area contributed by atoms with Crippen molar-refractivity contribution < 1.29 is 23.4 Å². The van der Waals surface area contributed by atoms with Crippen LogP contribution in [0, 0.1) is 19.3 Å². The summed E-state index contributed by atoms with van der Waals surface area (Å²) in [4.78, 5) is 37.5. The minimum absolute atomic E-state index is 0.00385. The van der Waals surface area contributed by atoms with E-state index in [2.05, 4.69) is 23.7 Å². The van der Waals surface area contributed by atoms with Crippen molar-refractivity contribution in [2.45, 2.75) is 83.7 Å². The lowest BCUT2D eigenvalue weighted by molar-refractivity contribution is 0.00696. The van der Waals surface area contributed by atoms with E-state index >= 15 is 0 Å². The number of rotatable bonds is 7. The van der Waals surface area contributed by atoms with Gasteiger partial charge in [-0.1, -0.05) is 25.4 Å². The van der Waals surface area contributed by atoms with Gasteiger partial charge in [0.2, 0.25) is 0 Å².